The Labute approximate surface area is 227 Å². The van der Waals surface area contributed by atoms with E-state index in [0.29, 0.717) is 17.2 Å². The number of esters is 1. The van der Waals surface area contributed by atoms with Crippen molar-refractivity contribution in [2.45, 2.75) is 0 Å². The highest BCUT2D eigenvalue weighted by molar-refractivity contribution is 7.92. The molecule has 0 spiro atoms. The van der Waals surface area contributed by atoms with Crippen LogP contribution in [0.2, 0.25) is 0 Å². The number of carbonyl (C=O) groups excluding carboxylic acids is 2. The van der Waals surface area contributed by atoms with Crippen molar-refractivity contribution in [1.82, 2.24) is 5.32 Å². The summed E-state index contributed by atoms with van der Waals surface area (Å²) in [5.74, 6) is -1.61. The number of carbonyl (C=O) groups is 2. The van der Waals surface area contributed by atoms with Crippen LogP contribution in [0.3, 0.4) is 0 Å². The molecule has 1 N–H and O–H groups in total. The van der Waals surface area contributed by atoms with Gasteiger partial charge >= 0.3 is 5.97 Å². The molecule has 208 valence electrons. The quantitative estimate of drug-likeness (QED) is 0.276. The minimum Gasteiger partial charge on any atom is -0.465 e. The van der Waals surface area contributed by atoms with E-state index in [9.17, 15) is 31.2 Å². The number of hydrogen-bond acceptors (Lipinski definition) is 6. The number of ether oxygens (including phenoxy) is 1. The van der Waals surface area contributed by atoms with Crippen LogP contribution in [0.1, 0.15) is 20.7 Å². The van der Waals surface area contributed by atoms with Crippen LogP contribution in [0.4, 0.5) is 18.9 Å². The van der Waals surface area contributed by atoms with E-state index in [0.717, 1.165) is 10.6 Å². The number of amides is 1. The van der Waals surface area contributed by atoms with Gasteiger partial charge in [-0.2, -0.15) is 8.78 Å². The summed E-state index contributed by atoms with van der Waals surface area (Å²) in [5, 5.41) is 2.80. The summed E-state index contributed by atoms with van der Waals surface area (Å²) in [6.07, 6.45) is -0.776. The van der Waals surface area contributed by atoms with Gasteiger partial charge in [0.25, 0.3) is 12.0 Å². The zero-order valence-electron chi connectivity index (χ0n) is 21.5. The van der Waals surface area contributed by atoms with E-state index < -0.39 is 40.3 Å². The average molecular weight is 573 g/mol. The van der Waals surface area contributed by atoms with Gasteiger partial charge in [0.15, 0.2) is 0 Å². The normalized spacial score (nSPS) is 11.2. The number of fused-ring (bicyclic) bond motifs is 1. The molecule has 0 bridgehead atoms. The number of nitrogens with zero attached hydrogens (tertiary/aromatic N) is 1. The highest BCUT2D eigenvalue weighted by atomic mass is 32.2. The van der Waals surface area contributed by atoms with Crippen LogP contribution in [0.5, 0.6) is 0 Å². The Balaban J connectivity index is 2.10. The maximum atomic E-state index is 13.6. The van der Waals surface area contributed by atoms with Gasteiger partial charge in [0.1, 0.15) is 17.2 Å². The molecule has 12 heteroatoms. The summed E-state index contributed by atoms with van der Waals surface area (Å²) in [5.41, 5.74) is 1.17. The molecule has 4 rings (SSSR count). The number of halogens is 3. The van der Waals surface area contributed by atoms with Gasteiger partial charge in [-0.05, 0) is 48.0 Å². The van der Waals surface area contributed by atoms with Crippen LogP contribution in [0.15, 0.2) is 77.2 Å². The number of nitrogens with one attached hydrogen (secondary N) is 1. The predicted octanol–water partition coefficient (Wildman–Crippen LogP) is 5.60. The molecule has 0 atom stereocenters. The molecule has 0 aliphatic heterocycles. The molecular formula is C28H23F3N2O6S. The summed E-state index contributed by atoms with van der Waals surface area (Å²) in [6.45, 7) is -0.704. The van der Waals surface area contributed by atoms with E-state index in [4.69, 9.17) is 9.15 Å². The lowest BCUT2D eigenvalue weighted by Gasteiger charge is -2.24. The largest absolute Gasteiger partial charge is 0.465 e. The van der Waals surface area contributed by atoms with E-state index in [1.54, 1.807) is 12.1 Å². The van der Waals surface area contributed by atoms with Gasteiger partial charge in [-0.15, -0.1) is 0 Å². The van der Waals surface area contributed by atoms with E-state index in [-0.39, 0.29) is 39.1 Å². The number of sulfonamides is 1. The van der Waals surface area contributed by atoms with Crippen molar-refractivity contribution in [3.8, 4) is 22.5 Å². The highest BCUT2D eigenvalue weighted by Crippen LogP contribution is 2.42. The molecular weight excluding hydrogens is 549 g/mol. The molecule has 8 nitrogen and oxygen atoms in total. The first-order chi connectivity index (χ1) is 18.9. The van der Waals surface area contributed by atoms with Gasteiger partial charge in [0, 0.05) is 35.7 Å². The molecule has 1 heterocycles. The number of benzene rings is 3. The lowest BCUT2D eigenvalue weighted by atomic mass is 9.97. The molecule has 0 saturated carbocycles. The number of hydrogen-bond donors (Lipinski definition) is 1. The Hall–Kier alpha value is -4.58. The number of anilines is 1. The third kappa shape index (κ3) is 5.71. The molecule has 0 aliphatic rings. The molecule has 1 amide bonds. The summed E-state index contributed by atoms with van der Waals surface area (Å²) in [4.78, 5) is 25.2. The Kier molecular flexibility index (Phi) is 8.01. The first-order valence-corrected chi connectivity index (χ1v) is 13.6. The monoisotopic (exact) mass is 572 g/mol. The van der Waals surface area contributed by atoms with Gasteiger partial charge in [-0.25, -0.2) is 17.6 Å². The van der Waals surface area contributed by atoms with Crippen molar-refractivity contribution in [3.63, 3.8) is 0 Å². The third-order valence-corrected chi connectivity index (χ3v) is 7.19. The van der Waals surface area contributed by atoms with Gasteiger partial charge in [-0.3, -0.25) is 9.10 Å². The number of methoxy groups -OCH3 is 1. The first kappa shape index (κ1) is 28.4. The smallest absolute Gasteiger partial charge is 0.337 e. The van der Waals surface area contributed by atoms with E-state index >= 15 is 0 Å². The predicted molar refractivity (Wildman–Crippen MR) is 144 cm³/mol. The molecule has 40 heavy (non-hydrogen) atoms. The Morgan fingerprint density at radius 3 is 2.35 bits per heavy atom. The molecule has 0 saturated heterocycles. The summed E-state index contributed by atoms with van der Waals surface area (Å²) >= 11 is 0. The fourth-order valence-electron chi connectivity index (χ4n) is 4.22. The van der Waals surface area contributed by atoms with E-state index in [1.807, 2.05) is 0 Å². The second-order valence-electron chi connectivity index (χ2n) is 8.62. The topological polar surface area (TPSA) is 106 Å². The fourth-order valence-corrected chi connectivity index (χ4v) is 5.07. The van der Waals surface area contributed by atoms with Crippen LogP contribution in [0.25, 0.3) is 33.4 Å². The summed E-state index contributed by atoms with van der Waals surface area (Å²) in [6, 6.07) is 14.1. The van der Waals surface area contributed by atoms with Gasteiger partial charge in [-0.1, -0.05) is 12.1 Å². The Morgan fingerprint density at radius 1 is 1.05 bits per heavy atom. The van der Waals surface area contributed by atoms with Gasteiger partial charge in [0.2, 0.25) is 10.0 Å². The maximum absolute atomic E-state index is 13.6. The van der Waals surface area contributed by atoms with Crippen molar-refractivity contribution < 1.29 is 40.3 Å². The first-order valence-electron chi connectivity index (χ1n) is 11.7. The molecule has 0 radical (unpaired) electrons. The number of rotatable bonds is 8. The summed E-state index contributed by atoms with van der Waals surface area (Å²) < 4.78 is 76.9. The van der Waals surface area contributed by atoms with E-state index in [1.165, 1.54) is 62.7 Å². The SMILES string of the molecule is CNC(=O)c1c(-c2ccc(F)cc2)oc2cc(N(CC=C(F)F)S(C)(=O)=O)c(-c3cccc(C(=O)OC)c3)cc12. The van der Waals surface area contributed by atoms with Gasteiger partial charge in [0.05, 0.1) is 36.7 Å². The average Bonchev–Trinajstić information content (AvgIpc) is 3.29. The zero-order chi connectivity index (χ0) is 29.2. The minimum atomic E-state index is -4.12. The van der Waals surface area contributed by atoms with Crippen molar-refractivity contribution >= 4 is 38.6 Å². The van der Waals surface area contributed by atoms with Crippen LogP contribution in [0, 0.1) is 5.82 Å². The molecule has 3 aromatic carbocycles. The van der Waals surface area contributed by atoms with Crippen molar-refractivity contribution in [3.05, 3.63) is 89.8 Å². The van der Waals surface area contributed by atoms with Crippen LogP contribution < -0.4 is 9.62 Å². The second-order valence-corrected chi connectivity index (χ2v) is 10.5. The lowest BCUT2D eigenvalue weighted by molar-refractivity contribution is 0.0600. The molecule has 0 aliphatic carbocycles. The Bertz CT molecular complexity index is 1740. The van der Waals surface area contributed by atoms with Crippen molar-refractivity contribution in [1.29, 1.82) is 0 Å². The maximum Gasteiger partial charge on any atom is 0.337 e. The second kappa shape index (κ2) is 11.3. The summed E-state index contributed by atoms with van der Waals surface area (Å²) in [7, 11) is -1.51. The lowest BCUT2D eigenvalue weighted by Crippen LogP contribution is -2.30. The molecule has 4 aromatic rings. The molecule has 1 aromatic heterocycles. The third-order valence-electron chi connectivity index (χ3n) is 6.04. The van der Waals surface area contributed by atoms with Gasteiger partial charge < -0.3 is 14.5 Å². The Morgan fingerprint density at radius 2 is 1.75 bits per heavy atom. The standard InChI is InChI=1S/C28H23F3N2O6S/c1-32-27(34)25-21-14-20(17-5-4-6-18(13-17)28(35)38-2)22(33(40(3,36)37)12-11-24(30)31)15-23(21)39-26(25)16-7-9-19(29)10-8-16/h4-11,13-15H,12H2,1-3H3,(H,32,34). The van der Waals surface area contributed by atoms with Crippen LogP contribution >= 0.6 is 0 Å². The fraction of sp³-hybridized carbons (Fsp3) is 0.143. The van der Waals surface area contributed by atoms with Crippen LogP contribution in [-0.4, -0.2) is 47.3 Å². The highest BCUT2D eigenvalue weighted by Gasteiger charge is 2.27. The van der Waals surface area contributed by atoms with Crippen molar-refractivity contribution in [2.24, 2.45) is 0 Å². The van der Waals surface area contributed by atoms with Crippen molar-refractivity contribution in [2.75, 3.05) is 31.3 Å². The molecule has 0 unspecified atom stereocenters. The number of furan rings is 1. The zero-order valence-corrected chi connectivity index (χ0v) is 22.3. The van der Waals surface area contributed by atoms with E-state index in [2.05, 4.69) is 5.32 Å². The molecule has 0 fully saturated rings. The van der Waals surface area contributed by atoms with Crippen LogP contribution in [-0.2, 0) is 14.8 Å². The minimum absolute atomic E-state index is 0.0441.